The summed E-state index contributed by atoms with van der Waals surface area (Å²) in [4.78, 5) is 14.0. The Hall–Kier alpha value is -0.770. The highest BCUT2D eigenvalue weighted by atomic mass is 16.6. The highest BCUT2D eigenvalue weighted by Gasteiger charge is 2.35. The van der Waals surface area contributed by atoms with Crippen LogP contribution in [0.15, 0.2) is 0 Å². The first-order valence-corrected chi connectivity index (χ1v) is 9.65. The van der Waals surface area contributed by atoms with Crippen molar-refractivity contribution in [1.82, 2.24) is 10.2 Å². The largest absolute Gasteiger partial charge is 0.444 e. The quantitative estimate of drug-likeness (QED) is 0.837. The molecule has 4 unspecified atom stereocenters. The number of ether oxygens (including phenoxy) is 1. The first kappa shape index (κ1) is 17.1. The second-order valence-corrected chi connectivity index (χ2v) is 8.89. The number of hydrogen-bond donors (Lipinski definition) is 1. The average Bonchev–Trinajstić information content (AvgIpc) is 2.94. The van der Waals surface area contributed by atoms with Crippen molar-refractivity contribution in [3.05, 3.63) is 0 Å². The Labute approximate surface area is 141 Å². The van der Waals surface area contributed by atoms with E-state index < -0.39 is 5.60 Å². The summed E-state index contributed by atoms with van der Waals surface area (Å²) in [5.74, 6) is 1.96. The SMILES string of the molecule is CC(C)(C)OC(=O)N1CCC(NC2CCC3CCCCC3C2)C1. The van der Waals surface area contributed by atoms with Gasteiger partial charge in [-0.2, -0.15) is 0 Å². The van der Waals surface area contributed by atoms with Crippen molar-refractivity contribution in [2.45, 2.75) is 89.8 Å². The molecule has 2 saturated carbocycles. The number of carbonyl (C=O) groups excluding carboxylic acids is 1. The Kier molecular flexibility index (Phi) is 5.19. The molecular weight excluding hydrogens is 288 g/mol. The van der Waals surface area contributed by atoms with E-state index in [4.69, 9.17) is 4.74 Å². The summed E-state index contributed by atoms with van der Waals surface area (Å²) in [6, 6.07) is 1.12. The van der Waals surface area contributed by atoms with Gasteiger partial charge < -0.3 is 15.0 Å². The average molecular weight is 322 g/mol. The Morgan fingerprint density at radius 2 is 1.74 bits per heavy atom. The molecule has 4 heteroatoms. The van der Waals surface area contributed by atoms with Gasteiger partial charge in [0.1, 0.15) is 5.60 Å². The lowest BCUT2D eigenvalue weighted by Crippen LogP contribution is -2.45. The number of hydrogen-bond acceptors (Lipinski definition) is 3. The molecule has 1 amide bonds. The van der Waals surface area contributed by atoms with Crippen LogP contribution in [0.3, 0.4) is 0 Å². The van der Waals surface area contributed by atoms with Crippen molar-refractivity contribution in [3.63, 3.8) is 0 Å². The Morgan fingerprint density at radius 1 is 1.00 bits per heavy atom. The van der Waals surface area contributed by atoms with E-state index in [9.17, 15) is 4.79 Å². The van der Waals surface area contributed by atoms with Crippen molar-refractivity contribution < 1.29 is 9.53 Å². The molecular formula is C19H34N2O2. The topological polar surface area (TPSA) is 41.6 Å². The molecule has 2 aliphatic carbocycles. The van der Waals surface area contributed by atoms with Crippen LogP contribution in [0.25, 0.3) is 0 Å². The minimum atomic E-state index is -0.401. The number of nitrogens with zero attached hydrogens (tertiary/aromatic N) is 1. The zero-order valence-corrected chi connectivity index (χ0v) is 15.1. The lowest BCUT2D eigenvalue weighted by atomic mass is 9.69. The summed E-state index contributed by atoms with van der Waals surface area (Å²) < 4.78 is 5.49. The minimum Gasteiger partial charge on any atom is -0.444 e. The maximum atomic E-state index is 12.2. The molecule has 0 radical (unpaired) electrons. The third-order valence-corrected chi connectivity index (χ3v) is 5.85. The van der Waals surface area contributed by atoms with Crippen LogP contribution in [0, 0.1) is 11.8 Å². The van der Waals surface area contributed by atoms with Crippen LogP contribution in [0.1, 0.15) is 72.1 Å². The van der Waals surface area contributed by atoms with Gasteiger partial charge in [-0.1, -0.05) is 25.7 Å². The molecule has 3 aliphatic rings. The zero-order valence-electron chi connectivity index (χ0n) is 15.1. The van der Waals surface area contributed by atoms with Crippen molar-refractivity contribution in [2.24, 2.45) is 11.8 Å². The normalized spacial score (nSPS) is 35.0. The van der Waals surface area contributed by atoms with E-state index in [-0.39, 0.29) is 6.09 Å². The molecule has 1 heterocycles. The second kappa shape index (κ2) is 7.00. The van der Waals surface area contributed by atoms with Crippen LogP contribution in [0.5, 0.6) is 0 Å². The fourth-order valence-corrected chi connectivity index (χ4v) is 4.75. The molecule has 1 N–H and O–H groups in total. The van der Waals surface area contributed by atoms with E-state index in [1.165, 1.54) is 44.9 Å². The van der Waals surface area contributed by atoms with Gasteiger partial charge in [-0.05, 0) is 58.3 Å². The van der Waals surface area contributed by atoms with E-state index in [1.54, 1.807) is 0 Å². The number of rotatable bonds is 2. The lowest BCUT2D eigenvalue weighted by Gasteiger charge is -2.40. The maximum absolute atomic E-state index is 12.2. The highest BCUT2D eigenvalue weighted by molar-refractivity contribution is 5.68. The number of amides is 1. The van der Waals surface area contributed by atoms with Gasteiger partial charge in [0.2, 0.25) is 0 Å². The Morgan fingerprint density at radius 3 is 2.48 bits per heavy atom. The minimum absolute atomic E-state index is 0.155. The van der Waals surface area contributed by atoms with Crippen molar-refractivity contribution in [2.75, 3.05) is 13.1 Å². The molecule has 0 aromatic heterocycles. The molecule has 3 fully saturated rings. The van der Waals surface area contributed by atoms with Crippen LogP contribution in [-0.4, -0.2) is 41.8 Å². The Bertz CT molecular complexity index is 418. The number of fused-ring (bicyclic) bond motifs is 1. The lowest BCUT2D eigenvalue weighted by molar-refractivity contribution is 0.0289. The molecule has 0 bridgehead atoms. The van der Waals surface area contributed by atoms with Crippen LogP contribution in [0.2, 0.25) is 0 Å². The van der Waals surface area contributed by atoms with E-state index in [1.807, 2.05) is 25.7 Å². The number of nitrogens with one attached hydrogen (secondary N) is 1. The fraction of sp³-hybridized carbons (Fsp3) is 0.947. The third kappa shape index (κ3) is 4.62. The van der Waals surface area contributed by atoms with Crippen molar-refractivity contribution >= 4 is 6.09 Å². The monoisotopic (exact) mass is 322 g/mol. The maximum Gasteiger partial charge on any atom is 0.410 e. The molecule has 0 aromatic carbocycles. The molecule has 0 aromatic rings. The predicted octanol–water partition coefficient (Wildman–Crippen LogP) is 3.94. The fourth-order valence-electron chi connectivity index (χ4n) is 4.75. The molecule has 1 aliphatic heterocycles. The summed E-state index contributed by atoms with van der Waals surface area (Å²) in [5.41, 5.74) is -0.401. The summed E-state index contributed by atoms with van der Waals surface area (Å²) in [7, 11) is 0. The van der Waals surface area contributed by atoms with Gasteiger partial charge in [-0.15, -0.1) is 0 Å². The van der Waals surface area contributed by atoms with E-state index in [2.05, 4.69) is 5.32 Å². The van der Waals surface area contributed by atoms with E-state index in [0.717, 1.165) is 31.3 Å². The van der Waals surface area contributed by atoms with Crippen LogP contribution in [0.4, 0.5) is 4.79 Å². The van der Waals surface area contributed by atoms with E-state index >= 15 is 0 Å². The predicted molar refractivity (Wildman–Crippen MR) is 92.4 cm³/mol. The molecule has 3 rings (SSSR count). The highest BCUT2D eigenvalue weighted by Crippen LogP contribution is 2.40. The summed E-state index contributed by atoms with van der Waals surface area (Å²) in [5, 5.41) is 3.85. The smallest absolute Gasteiger partial charge is 0.410 e. The van der Waals surface area contributed by atoms with Gasteiger partial charge in [-0.3, -0.25) is 0 Å². The summed E-state index contributed by atoms with van der Waals surface area (Å²) >= 11 is 0. The standard InChI is InChI=1S/C19H34N2O2/c1-19(2,3)23-18(22)21-11-10-17(13-21)20-16-9-8-14-6-4-5-7-15(14)12-16/h14-17,20H,4-13H2,1-3H3. The van der Waals surface area contributed by atoms with Crippen molar-refractivity contribution in [3.8, 4) is 0 Å². The third-order valence-electron chi connectivity index (χ3n) is 5.85. The van der Waals surface area contributed by atoms with Crippen LogP contribution in [-0.2, 0) is 4.74 Å². The van der Waals surface area contributed by atoms with E-state index in [0.29, 0.717) is 12.1 Å². The number of likely N-dealkylation sites (tertiary alicyclic amines) is 1. The molecule has 0 spiro atoms. The van der Waals surface area contributed by atoms with Gasteiger partial charge in [0.05, 0.1) is 0 Å². The van der Waals surface area contributed by atoms with Crippen LogP contribution >= 0.6 is 0 Å². The van der Waals surface area contributed by atoms with Gasteiger partial charge in [-0.25, -0.2) is 4.79 Å². The first-order chi connectivity index (χ1) is 10.9. The van der Waals surface area contributed by atoms with Gasteiger partial charge >= 0.3 is 6.09 Å². The molecule has 1 saturated heterocycles. The number of carbonyl (C=O) groups is 1. The zero-order chi connectivity index (χ0) is 16.4. The van der Waals surface area contributed by atoms with Gasteiger partial charge in [0.15, 0.2) is 0 Å². The summed E-state index contributed by atoms with van der Waals surface area (Å²) in [6.07, 6.45) is 10.8. The van der Waals surface area contributed by atoms with Crippen LogP contribution < -0.4 is 5.32 Å². The molecule has 132 valence electrons. The Balaban J connectivity index is 1.44. The van der Waals surface area contributed by atoms with Gasteiger partial charge in [0, 0.05) is 25.2 Å². The molecule has 23 heavy (non-hydrogen) atoms. The first-order valence-electron chi connectivity index (χ1n) is 9.65. The molecule has 4 nitrogen and oxygen atoms in total. The van der Waals surface area contributed by atoms with Crippen molar-refractivity contribution in [1.29, 1.82) is 0 Å². The molecule has 4 atom stereocenters. The summed E-state index contributed by atoms with van der Waals surface area (Å²) in [6.45, 7) is 7.42. The second-order valence-electron chi connectivity index (χ2n) is 8.89. The van der Waals surface area contributed by atoms with Gasteiger partial charge in [0.25, 0.3) is 0 Å².